The predicted octanol–water partition coefficient (Wildman–Crippen LogP) is 4.14. The summed E-state index contributed by atoms with van der Waals surface area (Å²) in [7, 11) is 0. The average Bonchev–Trinajstić information content (AvgIpc) is 2.67. The lowest BCUT2D eigenvalue weighted by atomic mass is 10.2. The highest BCUT2D eigenvalue weighted by molar-refractivity contribution is 7.13. The molecular formula is C12H10FNS. The molecule has 15 heavy (non-hydrogen) atoms. The highest BCUT2D eigenvalue weighted by Crippen LogP contribution is 2.27. The third-order valence-electron chi connectivity index (χ3n) is 1.93. The van der Waals surface area contributed by atoms with Gasteiger partial charge in [0.1, 0.15) is 0 Å². The maximum Gasteiger partial charge on any atom is 0.0974 e. The first-order valence-corrected chi connectivity index (χ1v) is 5.46. The van der Waals surface area contributed by atoms with Crippen LogP contribution >= 0.6 is 11.3 Å². The van der Waals surface area contributed by atoms with Crippen molar-refractivity contribution in [1.82, 2.24) is 4.98 Å². The molecule has 2 rings (SSSR count). The van der Waals surface area contributed by atoms with Gasteiger partial charge in [-0.2, -0.15) is 0 Å². The van der Waals surface area contributed by atoms with Crippen molar-refractivity contribution in [3.63, 3.8) is 0 Å². The van der Waals surface area contributed by atoms with E-state index >= 15 is 0 Å². The molecule has 2 heterocycles. The smallest absolute Gasteiger partial charge is 0.0974 e. The summed E-state index contributed by atoms with van der Waals surface area (Å²) in [4.78, 5) is 5.16. The van der Waals surface area contributed by atoms with Gasteiger partial charge in [0.05, 0.1) is 5.83 Å². The number of halogens is 1. The molecule has 1 nitrogen and oxygen atoms in total. The Morgan fingerprint density at radius 2 is 2.40 bits per heavy atom. The Morgan fingerprint density at radius 1 is 1.53 bits per heavy atom. The lowest BCUT2D eigenvalue weighted by molar-refractivity contribution is 0.648. The first kappa shape index (κ1) is 10.1. The van der Waals surface area contributed by atoms with E-state index in [1.54, 1.807) is 17.5 Å². The zero-order valence-corrected chi connectivity index (χ0v) is 9.09. The lowest BCUT2D eigenvalue weighted by Gasteiger charge is -1.93. The zero-order chi connectivity index (χ0) is 10.7. The molecule has 0 saturated carbocycles. The highest BCUT2D eigenvalue weighted by Gasteiger charge is 2.00. The van der Waals surface area contributed by atoms with Gasteiger partial charge in [-0.3, -0.25) is 4.98 Å². The van der Waals surface area contributed by atoms with Crippen LogP contribution in [0.3, 0.4) is 0 Å². The van der Waals surface area contributed by atoms with Gasteiger partial charge in [0.15, 0.2) is 0 Å². The molecule has 0 bridgehead atoms. The van der Waals surface area contributed by atoms with Crippen LogP contribution in [0.25, 0.3) is 16.5 Å². The summed E-state index contributed by atoms with van der Waals surface area (Å²) in [6.45, 7) is 1.45. The highest BCUT2D eigenvalue weighted by atomic mass is 32.1. The topological polar surface area (TPSA) is 12.9 Å². The number of hydrogen-bond acceptors (Lipinski definition) is 2. The van der Waals surface area contributed by atoms with Crippen molar-refractivity contribution in [2.24, 2.45) is 0 Å². The maximum absolute atomic E-state index is 12.7. The monoisotopic (exact) mass is 219 g/mol. The second kappa shape index (κ2) is 4.36. The van der Waals surface area contributed by atoms with Crippen LogP contribution in [0.15, 0.2) is 41.8 Å². The van der Waals surface area contributed by atoms with Gasteiger partial charge < -0.3 is 0 Å². The minimum absolute atomic E-state index is 0.175. The molecule has 0 fully saturated rings. The lowest BCUT2D eigenvalue weighted by Crippen LogP contribution is -1.73. The number of pyridine rings is 1. The normalized spacial score (nSPS) is 11.7. The van der Waals surface area contributed by atoms with Crippen molar-refractivity contribution < 1.29 is 4.39 Å². The van der Waals surface area contributed by atoms with Crippen LogP contribution < -0.4 is 0 Å². The first-order valence-electron chi connectivity index (χ1n) is 4.58. The predicted molar refractivity (Wildman–Crippen MR) is 62.3 cm³/mol. The summed E-state index contributed by atoms with van der Waals surface area (Å²) in [5, 5.41) is 1.94. The molecule has 0 aliphatic carbocycles. The fourth-order valence-corrected chi connectivity index (χ4v) is 2.18. The maximum atomic E-state index is 12.7. The van der Waals surface area contributed by atoms with E-state index in [0.29, 0.717) is 0 Å². The first-order chi connectivity index (χ1) is 7.25. The Balaban J connectivity index is 2.32. The van der Waals surface area contributed by atoms with E-state index in [1.807, 2.05) is 29.8 Å². The minimum atomic E-state index is -0.175. The Bertz CT molecular complexity index is 469. The molecular weight excluding hydrogens is 209 g/mol. The summed E-state index contributed by atoms with van der Waals surface area (Å²) >= 11 is 1.59. The summed E-state index contributed by atoms with van der Waals surface area (Å²) in [5.74, 6) is -0.175. The third kappa shape index (κ3) is 2.50. The van der Waals surface area contributed by atoms with Gasteiger partial charge in [-0.15, -0.1) is 11.3 Å². The van der Waals surface area contributed by atoms with Crippen molar-refractivity contribution in [3.8, 4) is 10.4 Å². The fourth-order valence-electron chi connectivity index (χ4n) is 1.32. The fraction of sp³-hybridized carbons (Fsp3) is 0.0833. The quantitative estimate of drug-likeness (QED) is 0.739. The molecule has 0 saturated heterocycles. The van der Waals surface area contributed by atoms with E-state index in [-0.39, 0.29) is 5.83 Å². The molecule has 0 spiro atoms. The Labute approximate surface area is 91.9 Å². The molecule has 0 amide bonds. The largest absolute Gasteiger partial charge is 0.264 e. The minimum Gasteiger partial charge on any atom is -0.264 e. The van der Waals surface area contributed by atoms with E-state index in [1.165, 1.54) is 13.0 Å². The number of allylic oxidation sites excluding steroid dienone is 1. The number of thiophene rings is 1. The van der Waals surface area contributed by atoms with Crippen LogP contribution in [0.2, 0.25) is 0 Å². The summed E-state index contributed by atoms with van der Waals surface area (Å²) in [6.07, 6.45) is 5.07. The molecule has 76 valence electrons. The molecule has 0 radical (unpaired) electrons. The number of aromatic nitrogens is 1. The Morgan fingerprint density at radius 3 is 3.07 bits per heavy atom. The summed E-state index contributed by atoms with van der Waals surface area (Å²) in [5.41, 5.74) is 1.97. The Kier molecular flexibility index (Phi) is 2.92. The number of nitrogens with zero attached hydrogens (tertiary/aromatic N) is 1. The molecule has 0 aliphatic rings. The number of hydrogen-bond donors (Lipinski definition) is 0. The Hall–Kier alpha value is -1.48. The van der Waals surface area contributed by atoms with Gasteiger partial charge in [-0.05, 0) is 36.1 Å². The number of rotatable bonds is 2. The molecule has 3 heteroatoms. The molecule has 0 N–H and O–H groups in total. The second-order valence-corrected chi connectivity index (χ2v) is 4.13. The van der Waals surface area contributed by atoms with E-state index in [4.69, 9.17) is 0 Å². The van der Waals surface area contributed by atoms with E-state index in [9.17, 15) is 4.39 Å². The van der Waals surface area contributed by atoms with Crippen molar-refractivity contribution in [3.05, 3.63) is 47.4 Å². The SMILES string of the molecule is C/C(F)=C/c1csc(-c2cccnc2)c1. The van der Waals surface area contributed by atoms with E-state index in [0.717, 1.165) is 16.0 Å². The van der Waals surface area contributed by atoms with Gasteiger partial charge in [-0.1, -0.05) is 6.07 Å². The molecule has 2 aromatic rings. The van der Waals surface area contributed by atoms with Gasteiger partial charge >= 0.3 is 0 Å². The van der Waals surface area contributed by atoms with E-state index in [2.05, 4.69) is 4.98 Å². The van der Waals surface area contributed by atoms with Crippen molar-refractivity contribution >= 4 is 17.4 Å². The molecule has 0 aliphatic heterocycles. The zero-order valence-electron chi connectivity index (χ0n) is 8.27. The van der Waals surface area contributed by atoms with Crippen molar-refractivity contribution in [1.29, 1.82) is 0 Å². The van der Waals surface area contributed by atoms with Gasteiger partial charge in [0.2, 0.25) is 0 Å². The van der Waals surface area contributed by atoms with Crippen LogP contribution in [0, 0.1) is 0 Å². The summed E-state index contributed by atoms with van der Waals surface area (Å²) < 4.78 is 12.7. The van der Waals surface area contributed by atoms with E-state index < -0.39 is 0 Å². The standard InChI is InChI=1S/C12H10FNS/c1-9(13)5-10-6-12(15-8-10)11-3-2-4-14-7-11/h2-8H,1H3/b9-5-. The molecule has 0 aromatic carbocycles. The molecule has 0 atom stereocenters. The van der Waals surface area contributed by atoms with Gasteiger partial charge in [-0.25, -0.2) is 4.39 Å². The van der Waals surface area contributed by atoms with Crippen molar-refractivity contribution in [2.75, 3.05) is 0 Å². The van der Waals surface area contributed by atoms with Crippen LogP contribution in [0.1, 0.15) is 12.5 Å². The van der Waals surface area contributed by atoms with Crippen LogP contribution in [0.4, 0.5) is 4.39 Å². The van der Waals surface area contributed by atoms with Crippen LogP contribution in [-0.2, 0) is 0 Å². The third-order valence-corrected chi connectivity index (χ3v) is 2.93. The van der Waals surface area contributed by atoms with Crippen molar-refractivity contribution in [2.45, 2.75) is 6.92 Å². The molecule has 2 aromatic heterocycles. The van der Waals surface area contributed by atoms with Gasteiger partial charge in [0.25, 0.3) is 0 Å². The average molecular weight is 219 g/mol. The molecule has 0 unspecified atom stereocenters. The van der Waals surface area contributed by atoms with Crippen LogP contribution in [0.5, 0.6) is 0 Å². The van der Waals surface area contributed by atoms with Crippen LogP contribution in [-0.4, -0.2) is 4.98 Å². The van der Waals surface area contributed by atoms with Gasteiger partial charge in [0, 0.05) is 22.8 Å². The summed E-state index contributed by atoms with van der Waals surface area (Å²) in [6, 6.07) is 5.85. The second-order valence-electron chi connectivity index (χ2n) is 3.22.